The van der Waals surface area contributed by atoms with Gasteiger partial charge in [0.2, 0.25) is 0 Å². The Bertz CT molecular complexity index is 1250. The van der Waals surface area contributed by atoms with Gasteiger partial charge in [0.25, 0.3) is 0 Å². The first-order chi connectivity index (χ1) is 19.2. The van der Waals surface area contributed by atoms with E-state index >= 15 is 0 Å². The van der Waals surface area contributed by atoms with Crippen molar-refractivity contribution in [3.05, 3.63) is 78.4 Å². The molecular weight excluding hydrogens is 500 g/mol. The Labute approximate surface area is 237 Å². The van der Waals surface area contributed by atoms with Gasteiger partial charge in [-0.25, -0.2) is 0 Å². The molecule has 0 radical (unpaired) electrons. The summed E-state index contributed by atoms with van der Waals surface area (Å²) in [5.74, 6) is -1.89. The van der Waals surface area contributed by atoms with Gasteiger partial charge in [0.15, 0.2) is 5.41 Å². The van der Waals surface area contributed by atoms with E-state index in [2.05, 4.69) is 24.3 Å². The topological polar surface area (TPSA) is 100 Å². The zero-order valence-electron chi connectivity index (χ0n) is 23.8. The fourth-order valence-corrected chi connectivity index (χ4v) is 4.79. The van der Waals surface area contributed by atoms with Gasteiger partial charge in [0.05, 0.1) is 24.0 Å². The van der Waals surface area contributed by atoms with E-state index in [1.807, 2.05) is 76.2 Å². The molecule has 0 saturated heterocycles. The van der Waals surface area contributed by atoms with Crippen molar-refractivity contribution in [2.45, 2.75) is 47.0 Å². The quantitative estimate of drug-likeness (QED) is 0.210. The van der Waals surface area contributed by atoms with E-state index in [9.17, 15) is 20.1 Å². The largest absolute Gasteiger partial charge is 0.463 e. The van der Waals surface area contributed by atoms with E-state index in [0.717, 1.165) is 22.3 Å². The van der Waals surface area contributed by atoms with Gasteiger partial charge in [-0.15, -0.1) is 0 Å². The second kappa shape index (κ2) is 14.3. The third-order valence-electron chi connectivity index (χ3n) is 6.95. The minimum atomic E-state index is -1.68. The van der Waals surface area contributed by atoms with Crippen LogP contribution in [0.15, 0.2) is 72.8 Å². The minimum Gasteiger partial charge on any atom is -0.463 e. The highest BCUT2D eigenvalue weighted by molar-refractivity contribution is 6.04. The van der Waals surface area contributed by atoms with Crippen LogP contribution in [0.25, 0.3) is 16.7 Å². The third-order valence-corrected chi connectivity index (χ3v) is 6.95. The maximum Gasteiger partial charge on any atom is 0.327 e. The number of carbonyl (C=O) groups excluding carboxylic acids is 2. The lowest BCUT2D eigenvalue weighted by atomic mass is 9.78. The molecule has 0 heterocycles. The summed E-state index contributed by atoms with van der Waals surface area (Å²) < 4.78 is 11.1. The second-order valence-corrected chi connectivity index (χ2v) is 11.2. The van der Waals surface area contributed by atoms with Crippen molar-refractivity contribution in [1.29, 1.82) is 10.5 Å². The van der Waals surface area contributed by atoms with Crippen molar-refractivity contribution >= 4 is 17.5 Å². The van der Waals surface area contributed by atoms with Crippen LogP contribution >= 0.6 is 0 Å². The van der Waals surface area contributed by atoms with Gasteiger partial charge < -0.3 is 9.47 Å². The number of ether oxygens (including phenoxy) is 2. The Morgan fingerprint density at radius 1 is 0.775 bits per heavy atom. The van der Waals surface area contributed by atoms with Crippen LogP contribution in [0, 0.1) is 51.7 Å². The monoisotopic (exact) mass is 538 g/mol. The Hall–Kier alpha value is -4.16. The van der Waals surface area contributed by atoms with Crippen LogP contribution in [0.3, 0.4) is 0 Å². The number of carbonyl (C=O) groups is 2. The van der Waals surface area contributed by atoms with Gasteiger partial charge in [-0.2, -0.15) is 10.5 Å². The van der Waals surface area contributed by atoms with Crippen molar-refractivity contribution in [3.63, 3.8) is 0 Å². The van der Waals surface area contributed by atoms with E-state index in [1.54, 1.807) is 12.2 Å². The SMILES string of the molecule is CC(C)C[C@@H](C#N)COC(=O)C1(C(=O)OC[C@H](C#N)CC(C)C)C=CC(c2ccc(-c3ccccc3)cc2)=CC1. The van der Waals surface area contributed by atoms with Gasteiger partial charge in [0, 0.05) is 0 Å². The Balaban J connectivity index is 1.80. The van der Waals surface area contributed by atoms with E-state index in [0.29, 0.717) is 12.8 Å². The molecule has 2 aromatic carbocycles. The van der Waals surface area contributed by atoms with Gasteiger partial charge >= 0.3 is 11.9 Å². The zero-order valence-corrected chi connectivity index (χ0v) is 23.8. The van der Waals surface area contributed by atoms with Crippen LogP contribution in [0.1, 0.15) is 52.5 Å². The fourth-order valence-electron chi connectivity index (χ4n) is 4.79. The molecule has 0 N–H and O–H groups in total. The number of allylic oxidation sites excluding steroid dienone is 3. The van der Waals surface area contributed by atoms with Crippen LogP contribution in [0.5, 0.6) is 0 Å². The summed E-state index contributed by atoms with van der Waals surface area (Å²) in [7, 11) is 0. The van der Waals surface area contributed by atoms with Crippen molar-refractivity contribution < 1.29 is 19.1 Å². The summed E-state index contributed by atoms with van der Waals surface area (Å²) in [4.78, 5) is 26.9. The second-order valence-electron chi connectivity index (χ2n) is 11.2. The standard InChI is InChI=1S/C34H38N2O4/c1-24(2)18-26(20-35)22-39-32(37)34(33(38)40-23-27(21-36)19-25(3)4)16-14-31(15-17-34)30-12-10-29(11-13-30)28-8-6-5-7-9-28/h5-16,24-27H,17-19,22-23H2,1-4H3/t26-,27-/m0/s1. The smallest absolute Gasteiger partial charge is 0.327 e. The zero-order chi connectivity index (χ0) is 29.1. The average Bonchev–Trinajstić information content (AvgIpc) is 2.97. The van der Waals surface area contributed by atoms with Gasteiger partial charge in [0.1, 0.15) is 13.2 Å². The van der Waals surface area contributed by atoms with Gasteiger partial charge in [-0.1, -0.05) is 101 Å². The number of hydrogen-bond donors (Lipinski definition) is 0. The maximum absolute atomic E-state index is 13.4. The van der Waals surface area contributed by atoms with E-state index in [1.165, 1.54) is 0 Å². The molecule has 0 spiro atoms. The van der Waals surface area contributed by atoms with Crippen molar-refractivity contribution in [1.82, 2.24) is 0 Å². The molecule has 0 aliphatic heterocycles. The molecule has 2 atom stereocenters. The molecule has 0 bridgehead atoms. The number of nitriles is 2. The lowest BCUT2D eigenvalue weighted by molar-refractivity contribution is -0.169. The predicted molar refractivity (Wildman–Crippen MR) is 155 cm³/mol. The van der Waals surface area contributed by atoms with Crippen molar-refractivity contribution in [2.75, 3.05) is 13.2 Å². The lowest BCUT2D eigenvalue weighted by Crippen LogP contribution is -2.42. The van der Waals surface area contributed by atoms with Crippen LogP contribution in [0.2, 0.25) is 0 Å². The molecule has 1 aliphatic carbocycles. The lowest BCUT2D eigenvalue weighted by Gasteiger charge is -2.29. The molecule has 0 aromatic heterocycles. The van der Waals surface area contributed by atoms with Gasteiger partial charge in [-0.05, 0) is 53.4 Å². The molecule has 3 rings (SSSR count). The summed E-state index contributed by atoms with van der Waals surface area (Å²) >= 11 is 0. The summed E-state index contributed by atoms with van der Waals surface area (Å²) in [5.41, 5.74) is 2.36. The maximum atomic E-state index is 13.4. The summed E-state index contributed by atoms with van der Waals surface area (Å²) in [6.07, 6.45) is 6.35. The third kappa shape index (κ3) is 7.93. The van der Waals surface area contributed by atoms with E-state index < -0.39 is 29.2 Å². The van der Waals surface area contributed by atoms with E-state index in [4.69, 9.17) is 9.47 Å². The molecule has 0 fully saturated rings. The van der Waals surface area contributed by atoms with E-state index in [-0.39, 0.29) is 31.5 Å². The first kappa shape index (κ1) is 30.4. The summed E-state index contributed by atoms with van der Waals surface area (Å²) in [6, 6.07) is 22.5. The average molecular weight is 539 g/mol. The molecule has 40 heavy (non-hydrogen) atoms. The Morgan fingerprint density at radius 2 is 1.25 bits per heavy atom. The molecule has 6 heteroatoms. The molecular formula is C34H38N2O4. The van der Waals surface area contributed by atoms with Gasteiger partial charge in [-0.3, -0.25) is 9.59 Å². The fraction of sp³-hybridized carbons (Fsp3) is 0.412. The highest BCUT2D eigenvalue weighted by Crippen LogP contribution is 2.37. The first-order valence-electron chi connectivity index (χ1n) is 13.9. The highest BCUT2D eigenvalue weighted by atomic mass is 16.6. The number of benzene rings is 2. The van der Waals surface area contributed by atoms with Crippen molar-refractivity contribution in [3.8, 4) is 23.3 Å². The number of nitrogens with zero attached hydrogens (tertiary/aromatic N) is 2. The highest BCUT2D eigenvalue weighted by Gasteiger charge is 2.47. The summed E-state index contributed by atoms with van der Waals surface area (Å²) in [5, 5.41) is 19.0. The molecule has 208 valence electrons. The molecule has 2 aromatic rings. The normalized spacial score (nSPS) is 15.4. The molecule has 1 aliphatic rings. The van der Waals surface area contributed by atoms with Crippen LogP contribution in [-0.4, -0.2) is 25.2 Å². The molecule has 0 amide bonds. The van der Waals surface area contributed by atoms with Crippen molar-refractivity contribution in [2.24, 2.45) is 29.1 Å². The number of rotatable bonds is 12. The predicted octanol–water partition coefficient (Wildman–Crippen LogP) is 7.14. The van der Waals surface area contributed by atoms with Crippen LogP contribution < -0.4 is 0 Å². The van der Waals surface area contributed by atoms with Crippen LogP contribution in [0.4, 0.5) is 0 Å². The molecule has 6 nitrogen and oxygen atoms in total. The Kier molecular flexibility index (Phi) is 10.9. The number of esters is 2. The summed E-state index contributed by atoms with van der Waals surface area (Å²) in [6.45, 7) is 7.80. The first-order valence-corrected chi connectivity index (χ1v) is 13.9. The Morgan fingerprint density at radius 3 is 1.68 bits per heavy atom. The molecule has 0 unspecified atom stereocenters. The minimum absolute atomic E-state index is 0.0553. The number of hydrogen-bond acceptors (Lipinski definition) is 6. The van der Waals surface area contributed by atoms with Crippen LogP contribution in [-0.2, 0) is 19.1 Å². The molecule has 0 saturated carbocycles.